The molecule has 1 heterocycles. The van der Waals surface area contributed by atoms with Gasteiger partial charge in [-0.25, -0.2) is 0 Å². The summed E-state index contributed by atoms with van der Waals surface area (Å²) >= 11 is 12.2. The minimum Gasteiger partial charge on any atom is -0.507 e. The number of nitrogens with zero attached hydrogens (tertiary/aromatic N) is 2. The molecule has 4 rings (SSSR count). The molecule has 5 heteroatoms. The molecule has 0 saturated heterocycles. The van der Waals surface area contributed by atoms with Crippen molar-refractivity contribution >= 4 is 34.6 Å². The van der Waals surface area contributed by atoms with Crippen LogP contribution in [-0.2, 0) is 0 Å². The normalized spacial score (nSPS) is 16.6. The smallest absolute Gasteiger partial charge is 0.124 e. The van der Waals surface area contributed by atoms with Gasteiger partial charge in [0.1, 0.15) is 5.75 Å². The Morgan fingerprint density at radius 1 is 0.885 bits per heavy atom. The summed E-state index contributed by atoms with van der Waals surface area (Å²) in [6.07, 6.45) is 0.657. The Bertz CT molecular complexity index is 956. The van der Waals surface area contributed by atoms with Crippen LogP contribution in [0.2, 0.25) is 10.0 Å². The molecule has 0 unspecified atom stereocenters. The molecule has 1 atom stereocenters. The molecule has 0 bridgehead atoms. The predicted octanol–water partition coefficient (Wildman–Crippen LogP) is 6.05. The van der Waals surface area contributed by atoms with E-state index >= 15 is 0 Å². The lowest BCUT2D eigenvalue weighted by atomic mass is 9.98. The molecule has 1 aliphatic rings. The third-order valence-electron chi connectivity index (χ3n) is 4.46. The second kappa shape index (κ2) is 7.02. The maximum absolute atomic E-state index is 10.3. The van der Waals surface area contributed by atoms with E-state index in [0.717, 1.165) is 17.0 Å². The van der Waals surface area contributed by atoms with Crippen LogP contribution in [-0.4, -0.2) is 10.8 Å². The van der Waals surface area contributed by atoms with Crippen LogP contribution in [0.5, 0.6) is 5.75 Å². The van der Waals surface area contributed by atoms with Crippen molar-refractivity contribution in [3.63, 3.8) is 0 Å². The van der Waals surface area contributed by atoms with Crippen LogP contribution >= 0.6 is 23.2 Å². The van der Waals surface area contributed by atoms with E-state index in [1.165, 1.54) is 0 Å². The average molecular weight is 383 g/mol. The van der Waals surface area contributed by atoms with Crippen molar-refractivity contribution in [2.75, 3.05) is 5.01 Å². The van der Waals surface area contributed by atoms with E-state index in [9.17, 15) is 5.11 Å². The second-order valence-electron chi connectivity index (χ2n) is 6.16. The zero-order chi connectivity index (χ0) is 18.1. The van der Waals surface area contributed by atoms with Gasteiger partial charge in [0, 0.05) is 22.0 Å². The zero-order valence-corrected chi connectivity index (χ0v) is 15.3. The standard InChI is InChI=1S/C21H16Cl2N2O/c22-15-8-6-14(7-9-15)20-13-19(18-12-16(23)10-11-21(18)26)24-25(20)17-4-2-1-3-5-17/h1-12,20,26H,13H2/t20-/m1/s1. The van der Waals surface area contributed by atoms with E-state index in [2.05, 4.69) is 0 Å². The molecular formula is C21H16Cl2N2O. The fourth-order valence-electron chi connectivity index (χ4n) is 3.18. The van der Waals surface area contributed by atoms with E-state index in [4.69, 9.17) is 28.3 Å². The summed E-state index contributed by atoms with van der Waals surface area (Å²) in [7, 11) is 0. The quantitative estimate of drug-likeness (QED) is 0.597. The number of aromatic hydroxyl groups is 1. The van der Waals surface area contributed by atoms with Crippen molar-refractivity contribution in [1.29, 1.82) is 0 Å². The van der Waals surface area contributed by atoms with Gasteiger partial charge in [-0.1, -0.05) is 53.5 Å². The number of anilines is 1. The van der Waals surface area contributed by atoms with Gasteiger partial charge in [0.25, 0.3) is 0 Å². The zero-order valence-electron chi connectivity index (χ0n) is 13.8. The highest BCUT2D eigenvalue weighted by atomic mass is 35.5. The van der Waals surface area contributed by atoms with Crippen molar-refractivity contribution in [2.24, 2.45) is 5.10 Å². The SMILES string of the molecule is Oc1ccc(Cl)cc1C1=NN(c2ccccc2)[C@@H](c2ccc(Cl)cc2)C1. The van der Waals surface area contributed by atoms with E-state index in [1.54, 1.807) is 18.2 Å². The summed E-state index contributed by atoms with van der Waals surface area (Å²) in [4.78, 5) is 0. The molecule has 130 valence electrons. The Morgan fingerprint density at radius 2 is 1.58 bits per heavy atom. The maximum Gasteiger partial charge on any atom is 0.124 e. The molecule has 3 nitrogen and oxygen atoms in total. The fraction of sp³-hybridized carbons (Fsp3) is 0.0952. The summed E-state index contributed by atoms with van der Waals surface area (Å²) in [5.74, 6) is 0.179. The van der Waals surface area contributed by atoms with Crippen LogP contribution in [0.3, 0.4) is 0 Å². The van der Waals surface area contributed by atoms with Crippen LogP contribution < -0.4 is 5.01 Å². The minimum atomic E-state index is 0.0167. The lowest BCUT2D eigenvalue weighted by molar-refractivity contribution is 0.474. The Labute approximate surface area is 162 Å². The van der Waals surface area contributed by atoms with Crippen LogP contribution in [0.1, 0.15) is 23.6 Å². The largest absolute Gasteiger partial charge is 0.507 e. The molecule has 0 saturated carbocycles. The lowest BCUT2D eigenvalue weighted by Crippen LogP contribution is -2.18. The summed E-state index contributed by atoms with van der Waals surface area (Å²) in [6.45, 7) is 0. The van der Waals surface area contributed by atoms with Gasteiger partial charge in [-0.05, 0) is 48.0 Å². The summed E-state index contributed by atoms with van der Waals surface area (Å²) in [5, 5.41) is 18.3. The first-order chi connectivity index (χ1) is 12.6. The van der Waals surface area contributed by atoms with Gasteiger partial charge in [0.05, 0.1) is 17.4 Å². The first kappa shape index (κ1) is 17.0. The van der Waals surface area contributed by atoms with E-state index in [-0.39, 0.29) is 11.8 Å². The van der Waals surface area contributed by atoms with Gasteiger partial charge in [-0.2, -0.15) is 5.10 Å². The molecule has 0 aromatic heterocycles. The van der Waals surface area contributed by atoms with E-state index < -0.39 is 0 Å². The first-order valence-corrected chi connectivity index (χ1v) is 9.03. The number of para-hydroxylation sites is 1. The number of hydrogen-bond acceptors (Lipinski definition) is 3. The third-order valence-corrected chi connectivity index (χ3v) is 4.94. The van der Waals surface area contributed by atoms with Gasteiger partial charge in [0.2, 0.25) is 0 Å². The minimum absolute atomic E-state index is 0.0167. The number of benzene rings is 3. The van der Waals surface area contributed by atoms with Gasteiger partial charge < -0.3 is 5.11 Å². The average Bonchev–Trinajstić information content (AvgIpc) is 3.10. The van der Waals surface area contributed by atoms with Gasteiger partial charge >= 0.3 is 0 Å². The molecule has 26 heavy (non-hydrogen) atoms. The topological polar surface area (TPSA) is 35.8 Å². The molecular weight excluding hydrogens is 367 g/mol. The van der Waals surface area contributed by atoms with E-state index in [0.29, 0.717) is 22.0 Å². The Morgan fingerprint density at radius 3 is 2.31 bits per heavy atom. The molecule has 0 fully saturated rings. The number of hydrogen-bond donors (Lipinski definition) is 1. The Hall–Kier alpha value is -2.49. The molecule has 0 radical (unpaired) electrons. The van der Waals surface area contributed by atoms with Crippen molar-refractivity contribution in [1.82, 2.24) is 0 Å². The van der Waals surface area contributed by atoms with Crippen LogP contribution in [0.15, 0.2) is 77.9 Å². The number of hydrazone groups is 1. The Kier molecular flexibility index (Phi) is 4.58. The summed E-state index contributed by atoms with van der Waals surface area (Å²) in [5.41, 5.74) is 3.56. The van der Waals surface area contributed by atoms with Crippen LogP contribution in [0.4, 0.5) is 5.69 Å². The predicted molar refractivity (Wildman–Crippen MR) is 107 cm³/mol. The highest BCUT2D eigenvalue weighted by molar-refractivity contribution is 6.31. The van der Waals surface area contributed by atoms with Crippen molar-refractivity contribution in [3.8, 4) is 5.75 Å². The van der Waals surface area contributed by atoms with Gasteiger partial charge in [-0.15, -0.1) is 0 Å². The molecule has 3 aromatic carbocycles. The lowest BCUT2D eigenvalue weighted by Gasteiger charge is -2.24. The molecule has 1 N–H and O–H groups in total. The monoisotopic (exact) mass is 382 g/mol. The van der Waals surface area contributed by atoms with Gasteiger partial charge in [-0.3, -0.25) is 5.01 Å². The maximum atomic E-state index is 10.3. The second-order valence-corrected chi connectivity index (χ2v) is 7.03. The van der Waals surface area contributed by atoms with Crippen molar-refractivity contribution < 1.29 is 5.11 Å². The fourth-order valence-corrected chi connectivity index (χ4v) is 3.47. The van der Waals surface area contributed by atoms with Crippen molar-refractivity contribution in [2.45, 2.75) is 12.5 Å². The molecule has 0 aliphatic carbocycles. The number of halogens is 2. The van der Waals surface area contributed by atoms with Crippen LogP contribution in [0.25, 0.3) is 0 Å². The third kappa shape index (κ3) is 3.28. The number of rotatable bonds is 3. The summed E-state index contributed by atoms with van der Waals surface area (Å²) < 4.78 is 0. The Balaban J connectivity index is 1.78. The molecule has 1 aliphatic heterocycles. The highest BCUT2D eigenvalue weighted by Crippen LogP contribution is 2.38. The highest BCUT2D eigenvalue weighted by Gasteiger charge is 2.30. The molecule has 0 spiro atoms. The van der Waals surface area contributed by atoms with Crippen LogP contribution in [0, 0.1) is 0 Å². The summed E-state index contributed by atoms with van der Waals surface area (Å²) in [6, 6.07) is 22.8. The molecule has 0 amide bonds. The first-order valence-electron chi connectivity index (χ1n) is 8.28. The molecule has 3 aromatic rings. The van der Waals surface area contributed by atoms with Crippen molar-refractivity contribution in [3.05, 3.63) is 94.0 Å². The number of phenols is 1. The number of phenolic OH excluding ortho intramolecular Hbond substituents is 1. The van der Waals surface area contributed by atoms with Gasteiger partial charge in [0.15, 0.2) is 0 Å². The van der Waals surface area contributed by atoms with E-state index in [1.807, 2.05) is 59.6 Å².